The molecule has 0 amide bonds. The minimum atomic E-state index is -1.25. The summed E-state index contributed by atoms with van der Waals surface area (Å²) < 4.78 is 14.4. The molecule has 0 radical (unpaired) electrons. The maximum absolute atomic E-state index is 14.4. The minimum Gasteiger partial charge on any atom is -0.478 e. The van der Waals surface area contributed by atoms with Crippen LogP contribution in [-0.2, 0) is 4.79 Å². The van der Waals surface area contributed by atoms with Crippen LogP contribution in [0.25, 0.3) is 17.2 Å². The number of hydrazine groups is 1. The first-order chi connectivity index (χ1) is 15.6. The smallest absolute Gasteiger partial charge is 0.328 e. The number of allylic oxidation sites excluding steroid dienone is 1. The van der Waals surface area contributed by atoms with E-state index in [0.717, 1.165) is 46.9 Å². The number of carboxylic acids is 1. The van der Waals surface area contributed by atoms with Crippen LogP contribution < -0.4 is 10.9 Å². The Labute approximate surface area is 186 Å². The van der Waals surface area contributed by atoms with Crippen molar-refractivity contribution in [1.82, 2.24) is 5.43 Å². The van der Waals surface area contributed by atoms with Gasteiger partial charge in [0.05, 0.1) is 5.69 Å². The molecule has 1 heterocycles. The summed E-state index contributed by atoms with van der Waals surface area (Å²) >= 11 is 0. The Morgan fingerprint density at radius 3 is 2.34 bits per heavy atom. The van der Waals surface area contributed by atoms with Crippen LogP contribution in [0.4, 0.5) is 10.1 Å². The van der Waals surface area contributed by atoms with E-state index in [4.69, 9.17) is 5.11 Å². The Morgan fingerprint density at radius 2 is 1.66 bits per heavy atom. The van der Waals surface area contributed by atoms with E-state index in [2.05, 4.69) is 23.0 Å². The number of benzene rings is 3. The average Bonchev–Trinajstić information content (AvgIpc) is 3.59. The van der Waals surface area contributed by atoms with Crippen LogP contribution in [0.3, 0.4) is 0 Å². The quantitative estimate of drug-likeness (QED) is 0.255. The zero-order valence-electron chi connectivity index (χ0n) is 17.4. The SMILES string of the molecule is O=C(O)/C=C/c1ccc(/C(=C(\c2ccccc2)C2CC2)c2ccc3c(c2)C(F)NN3)cc1. The van der Waals surface area contributed by atoms with E-state index in [0.29, 0.717) is 11.5 Å². The second kappa shape index (κ2) is 8.44. The Hall–Kier alpha value is -3.70. The summed E-state index contributed by atoms with van der Waals surface area (Å²) in [5.41, 5.74) is 13.2. The molecule has 1 fully saturated rings. The summed E-state index contributed by atoms with van der Waals surface area (Å²) in [5.74, 6) is -0.513. The van der Waals surface area contributed by atoms with E-state index < -0.39 is 12.3 Å². The number of hydrogen-bond acceptors (Lipinski definition) is 3. The van der Waals surface area contributed by atoms with Crippen molar-refractivity contribution in [3.05, 3.63) is 107 Å². The lowest BCUT2D eigenvalue weighted by Gasteiger charge is -2.18. The number of carbonyl (C=O) groups is 1. The lowest BCUT2D eigenvalue weighted by atomic mass is 9.86. The molecule has 1 saturated carbocycles. The third-order valence-corrected chi connectivity index (χ3v) is 5.90. The van der Waals surface area contributed by atoms with Gasteiger partial charge in [-0.05, 0) is 70.4 Å². The van der Waals surface area contributed by atoms with E-state index in [1.165, 1.54) is 11.1 Å². The maximum Gasteiger partial charge on any atom is 0.328 e. The fraction of sp³-hybridized carbons (Fsp3) is 0.148. The van der Waals surface area contributed by atoms with Crippen molar-refractivity contribution in [2.24, 2.45) is 5.92 Å². The van der Waals surface area contributed by atoms with Crippen LogP contribution in [0.2, 0.25) is 0 Å². The number of hydrogen-bond donors (Lipinski definition) is 3. The summed E-state index contributed by atoms with van der Waals surface area (Å²) in [7, 11) is 0. The number of carboxylic acid groups (broad SMARTS) is 1. The van der Waals surface area contributed by atoms with Gasteiger partial charge in [0.2, 0.25) is 0 Å². The predicted molar refractivity (Wildman–Crippen MR) is 125 cm³/mol. The van der Waals surface area contributed by atoms with Gasteiger partial charge in [-0.1, -0.05) is 60.7 Å². The third kappa shape index (κ3) is 4.07. The highest BCUT2D eigenvalue weighted by Gasteiger charge is 2.31. The van der Waals surface area contributed by atoms with Crippen molar-refractivity contribution in [2.75, 3.05) is 5.43 Å². The fourth-order valence-corrected chi connectivity index (χ4v) is 4.24. The standard InChI is InChI=1S/C27H23FN2O2/c28-27-22-16-21(13-14-23(22)29-30-27)26(19-9-6-17(7-10-19)8-15-24(31)32)25(20-11-12-20)18-4-2-1-3-5-18/h1-10,13-16,20,27,29-30H,11-12H2,(H,31,32)/b15-8+,26-25-. The molecule has 1 atom stereocenters. The maximum atomic E-state index is 14.4. The number of anilines is 1. The molecule has 3 aromatic carbocycles. The average molecular weight is 426 g/mol. The minimum absolute atomic E-state index is 0.463. The van der Waals surface area contributed by atoms with Crippen LogP contribution in [0, 0.1) is 5.92 Å². The molecule has 5 heteroatoms. The van der Waals surface area contributed by atoms with Gasteiger partial charge in [0.15, 0.2) is 6.30 Å². The first-order valence-corrected chi connectivity index (χ1v) is 10.7. The molecule has 1 unspecified atom stereocenters. The second-order valence-corrected chi connectivity index (χ2v) is 8.16. The van der Waals surface area contributed by atoms with E-state index in [9.17, 15) is 9.18 Å². The molecule has 4 nitrogen and oxygen atoms in total. The molecular weight excluding hydrogens is 403 g/mol. The number of nitrogens with one attached hydrogen (secondary N) is 2. The lowest BCUT2D eigenvalue weighted by molar-refractivity contribution is -0.131. The van der Waals surface area contributed by atoms with Crippen molar-refractivity contribution in [2.45, 2.75) is 19.1 Å². The van der Waals surface area contributed by atoms with Gasteiger partial charge in [0.1, 0.15) is 0 Å². The van der Waals surface area contributed by atoms with Crippen LogP contribution in [-0.4, -0.2) is 11.1 Å². The molecule has 0 saturated heterocycles. The van der Waals surface area contributed by atoms with Gasteiger partial charge in [0, 0.05) is 11.6 Å². The Morgan fingerprint density at radius 1 is 0.938 bits per heavy atom. The summed E-state index contributed by atoms with van der Waals surface area (Å²) in [6, 6.07) is 24.1. The Bertz CT molecular complexity index is 1210. The zero-order valence-corrected chi connectivity index (χ0v) is 17.4. The molecule has 32 heavy (non-hydrogen) atoms. The highest BCUT2D eigenvalue weighted by Crippen LogP contribution is 2.48. The van der Waals surface area contributed by atoms with Crippen LogP contribution in [0.5, 0.6) is 0 Å². The number of fused-ring (bicyclic) bond motifs is 1. The van der Waals surface area contributed by atoms with Gasteiger partial charge >= 0.3 is 5.97 Å². The fourth-order valence-electron chi connectivity index (χ4n) is 4.24. The molecule has 1 aliphatic carbocycles. The second-order valence-electron chi connectivity index (χ2n) is 8.16. The van der Waals surface area contributed by atoms with E-state index in [1.807, 2.05) is 60.7 Å². The van der Waals surface area contributed by atoms with Crippen molar-refractivity contribution in [3.8, 4) is 0 Å². The summed E-state index contributed by atoms with van der Waals surface area (Å²) in [6.45, 7) is 0. The molecule has 0 aromatic heterocycles. The van der Waals surface area contributed by atoms with Gasteiger partial charge in [-0.15, -0.1) is 0 Å². The van der Waals surface area contributed by atoms with Gasteiger partial charge in [-0.25, -0.2) is 14.6 Å². The number of halogens is 1. The Balaban J connectivity index is 1.68. The largest absolute Gasteiger partial charge is 0.478 e. The van der Waals surface area contributed by atoms with Crippen LogP contribution in [0.1, 0.15) is 47.0 Å². The molecule has 5 rings (SSSR count). The van der Waals surface area contributed by atoms with Crippen molar-refractivity contribution in [3.63, 3.8) is 0 Å². The van der Waals surface area contributed by atoms with Crippen LogP contribution >= 0.6 is 0 Å². The van der Waals surface area contributed by atoms with Crippen molar-refractivity contribution >= 4 is 28.9 Å². The molecule has 3 N–H and O–H groups in total. The summed E-state index contributed by atoms with van der Waals surface area (Å²) in [4.78, 5) is 10.8. The van der Waals surface area contributed by atoms with Gasteiger partial charge < -0.3 is 10.5 Å². The molecular formula is C27H23FN2O2. The van der Waals surface area contributed by atoms with Crippen LogP contribution in [0.15, 0.2) is 78.9 Å². The topological polar surface area (TPSA) is 61.4 Å². The van der Waals surface area contributed by atoms with E-state index >= 15 is 0 Å². The molecule has 0 spiro atoms. The van der Waals surface area contributed by atoms with Gasteiger partial charge in [-0.3, -0.25) is 0 Å². The van der Waals surface area contributed by atoms with Gasteiger partial charge in [-0.2, -0.15) is 0 Å². The first-order valence-electron chi connectivity index (χ1n) is 10.7. The molecule has 0 bridgehead atoms. The molecule has 160 valence electrons. The Kier molecular flexibility index (Phi) is 5.33. The van der Waals surface area contributed by atoms with Crippen molar-refractivity contribution in [1.29, 1.82) is 0 Å². The number of aliphatic carboxylic acids is 1. The monoisotopic (exact) mass is 426 g/mol. The third-order valence-electron chi connectivity index (χ3n) is 5.90. The first kappa shape index (κ1) is 20.2. The summed E-state index contributed by atoms with van der Waals surface area (Å²) in [6.07, 6.45) is 3.72. The highest BCUT2D eigenvalue weighted by molar-refractivity contribution is 6.00. The van der Waals surface area contributed by atoms with Crippen molar-refractivity contribution < 1.29 is 14.3 Å². The lowest BCUT2D eigenvalue weighted by Crippen LogP contribution is -2.14. The van der Waals surface area contributed by atoms with E-state index in [1.54, 1.807) is 6.08 Å². The number of alkyl halides is 1. The zero-order chi connectivity index (χ0) is 22.1. The molecule has 3 aromatic rings. The molecule has 1 aliphatic heterocycles. The normalized spacial score (nSPS) is 18.2. The highest BCUT2D eigenvalue weighted by atomic mass is 19.1. The van der Waals surface area contributed by atoms with E-state index in [-0.39, 0.29) is 0 Å². The molecule has 2 aliphatic rings. The number of rotatable bonds is 6. The predicted octanol–water partition coefficient (Wildman–Crippen LogP) is 6.05. The summed E-state index contributed by atoms with van der Waals surface area (Å²) in [5, 5.41) is 8.90. The van der Waals surface area contributed by atoms with Gasteiger partial charge in [0.25, 0.3) is 0 Å².